The Kier molecular flexibility index (Phi) is 5.52. The lowest BCUT2D eigenvalue weighted by molar-refractivity contribution is -0.146. The SMILES string of the molecule is O=C(NC[C@H](O)C(=O)O)Nc1c(Cl)cc(F)cc1Br. The minimum absolute atomic E-state index is 0.0270. The molecule has 1 atom stereocenters. The minimum atomic E-state index is -1.71. The van der Waals surface area contributed by atoms with Gasteiger partial charge in [0.1, 0.15) is 5.82 Å². The number of carbonyl (C=O) groups is 2. The van der Waals surface area contributed by atoms with Gasteiger partial charge >= 0.3 is 12.0 Å². The van der Waals surface area contributed by atoms with E-state index in [1.54, 1.807) is 0 Å². The number of carbonyl (C=O) groups excluding carboxylic acids is 1. The van der Waals surface area contributed by atoms with Gasteiger partial charge in [-0.1, -0.05) is 11.6 Å². The standard InChI is InChI=1S/C10H9BrClFN2O4/c11-5-1-4(13)2-6(12)8(5)15-10(19)14-3-7(16)9(17)18/h1-2,7,16H,3H2,(H,17,18)(H2,14,15,19)/t7-/m0/s1. The third-order valence-electron chi connectivity index (χ3n) is 1.99. The second-order valence-corrected chi connectivity index (χ2v) is 4.70. The van der Waals surface area contributed by atoms with Gasteiger partial charge in [0.2, 0.25) is 0 Å². The molecule has 0 unspecified atom stereocenters. The Hall–Kier alpha value is -1.38. The van der Waals surface area contributed by atoms with E-state index in [1.807, 2.05) is 0 Å². The van der Waals surface area contributed by atoms with E-state index in [0.29, 0.717) is 0 Å². The van der Waals surface area contributed by atoms with Crippen LogP contribution in [-0.4, -0.2) is 34.9 Å². The van der Waals surface area contributed by atoms with E-state index in [9.17, 15) is 14.0 Å². The molecule has 0 aliphatic heterocycles. The van der Waals surface area contributed by atoms with Crippen molar-refractivity contribution in [3.63, 3.8) is 0 Å². The van der Waals surface area contributed by atoms with Gasteiger partial charge in [-0.2, -0.15) is 0 Å². The number of carboxylic acids is 1. The number of aliphatic hydroxyl groups is 1. The summed E-state index contributed by atoms with van der Waals surface area (Å²) in [6.45, 7) is -0.475. The van der Waals surface area contributed by atoms with Gasteiger partial charge in [0.25, 0.3) is 0 Å². The molecule has 1 aromatic rings. The first-order valence-corrected chi connectivity index (χ1v) is 6.08. The molecule has 0 saturated heterocycles. The number of nitrogens with one attached hydrogen (secondary N) is 2. The number of benzene rings is 1. The number of amides is 2. The molecule has 1 rings (SSSR count). The Balaban J connectivity index is 2.65. The maximum atomic E-state index is 12.9. The average Bonchev–Trinajstić information content (AvgIpc) is 2.30. The van der Waals surface area contributed by atoms with E-state index in [0.717, 1.165) is 12.1 Å². The molecule has 0 fully saturated rings. The molecule has 19 heavy (non-hydrogen) atoms. The smallest absolute Gasteiger partial charge is 0.334 e. The van der Waals surface area contributed by atoms with Crippen molar-refractivity contribution in [2.75, 3.05) is 11.9 Å². The van der Waals surface area contributed by atoms with Crippen LogP contribution in [0.4, 0.5) is 14.9 Å². The molecule has 0 heterocycles. The van der Waals surface area contributed by atoms with Gasteiger partial charge in [-0.15, -0.1) is 0 Å². The van der Waals surface area contributed by atoms with Gasteiger partial charge in [0.15, 0.2) is 6.10 Å². The zero-order valence-electron chi connectivity index (χ0n) is 9.28. The van der Waals surface area contributed by atoms with E-state index < -0.39 is 30.5 Å². The lowest BCUT2D eigenvalue weighted by Gasteiger charge is -2.12. The summed E-state index contributed by atoms with van der Waals surface area (Å²) in [7, 11) is 0. The monoisotopic (exact) mass is 354 g/mol. The molecule has 0 aromatic heterocycles. The number of anilines is 1. The van der Waals surface area contributed by atoms with Crippen molar-refractivity contribution in [1.29, 1.82) is 0 Å². The zero-order chi connectivity index (χ0) is 14.6. The Morgan fingerprint density at radius 2 is 2.11 bits per heavy atom. The van der Waals surface area contributed by atoms with Crippen LogP contribution in [0.25, 0.3) is 0 Å². The van der Waals surface area contributed by atoms with Crippen LogP contribution in [0.2, 0.25) is 5.02 Å². The number of aliphatic hydroxyl groups excluding tert-OH is 1. The lowest BCUT2D eigenvalue weighted by Crippen LogP contribution is -2.38. The third kappa shape index (κ3) is 4.66. The van der Waals surface area contributed by atoms with E-state index in [2.05, 4.69) is 26.6 Å². The normalized spacial score (nSPS) is 11.8. The Morgan fingerprint density at radius 1 is 1.47 bits per heavy atom. The molecule has 9 heteroatoms. The van der Waals surface area contributed by atoms with E-state index >= 15 is 0 Å². The van der Waals surface area contributed by atoms with Crippen molar-refractivity contribution >= 4 is 45.2 Å². The van der Waals surface area contributed by atoms with E-state index in [4.69, 9.17) is 21.8 Å². The zero-order valence-corrected chi connectivity index (χ0v) is 11.6. The van der Waals surface area contributed by atoms with Gasteiger partial charge in [0, 0.05) is 4.47 Å². The molecule has 0 radical (unpaired) electrons. The van der Waals surface area contributed by atoms with Gasteiger partial charge in [-0.3, -0.25) is 0 Å². The number of urea groups is 1. The van der Waals surface area contributed by atoms with Crippen LogP contribution in [0, 0.1) is 5.82 Å². The molecular weight excluding hydrogens is 346 g/mol. The minimum Gasteiger partial charge on any atom is -0.479 e. The highest BCUT2D eigenvalue weighted by molar-refractivity contribution is 9.10. The van der Waals surface area contributed by atoms with Gasteiger partial charge in [0.05, 0.1) is 17.3 Å². The summed E-state index contributed by atoms with van der Waals surface area (Å²) in [4.78, 5) is 21.8. The summed E-state index contributed by atoms with van der Waals surface area (Å²) in [6, 6.07) is 1.33. The van der Waals surface area contributed by atoms with Crippen molar-refractivity contribution in [2.24, 2.45) is 0 Å². The van der Waals surface area contributed by atoms with Crippen LogP contribution in [0.1, 0.15) is 0 Å². The average molecular weight is 356 g/mol. The van der Waals surface area contributed by atoms with E-state index in [1.165, 1.54) is 0 Å². The summed E-state index contributed by atoms with van der Waals surface area (Å²) in [6.07, 6.45) is -1.71. The number of halogens is 3. The van der Waals surface area contributed by atoms with Gasteiger partial charge in [-0.25, -0.2) is 14.0 Å². The molecule has 0 aliphatic carbocycles. The molecule has 0 spiro atoms. The Bertz CT molecular complexity index is 491. The summed E-state index contributed by atoms with van der Waals surface area (Å²) >= 11 is 8.76. The number of hydrogen-bond acceptors (Lipinski definition) is 3. The molecule has 2 amide bonds. The summed E-state index contributed by atoms with van der Waals surface area (Å²) in [5.74, 6) is -2.04. The number of carboxylic acid groups (broad SMARTS) is 1. The summed E-state index contributed by atoms with van der Waals surface area (Å²) in [5.41, 5.74) is 0.130. The first-order chi connectivity index (χ1) is 8.81. The lowest BCUT2D eigenvalue weighted by atomic mass is 10.3. The van der Waals surface area contributed by atoms with Crippen molar-refractivity contribution in [1.82, 2.24) is 5.32 Å². The molecule has 0 aliphatic rings. The predicted octanol–water partition coefficient (Wildman–Crippen LogP) is 1.81. The largest absolute Gasteiger partial charge is 0.479 e. The molecular formula is C10H9BrClFN2O4. The van der Waals surface area contributed by atoms with Crippen LogP contribution in [0.15, 0.2) is 16.6 Å². The predicted molar refractivity (Wildman–Crippen MR) is 69.8 cm³/mol. The molecule has 104 valence electrons. The summed E-state index contributed by atoms with van der Waals surface area (Å²) < 4.78 is 13.2. The van der Waals surface area contributed by atoms with Gasteiger partial charge < -0.3 is 20.8 Å². The highest BCUT2D eigenvalue weighted by atomic mass is 79.9. The number of hydrogen-bond donors (Lipinski definition) is 4. The van der Waals surface area contributed by atoms with Crippen molar-refractivity contribution in [2.45, 2.75) is 6.10 Å². The molecule has 6 nitrogen and oxygen atoms in total. The first-order valence-electron chi connectivity index (χ1n) is 4.91. The highest BCUT2D eigenvalue weighted by Gasteiger charge is 2.15. The fourth-order valence-corrected chi connectivity index (χ4v) is 1.99. The fourth-order valence-electron chi connectivity index (χ4n) is 1.10. The van der Waals surface area contributed by atoms with Gasteiger partial charge in [-0.05, 0) is 28.1 Å². The quantitative estimate of drug-likeness (QED) is 0.662. The third-order valence-corrected chi connectivity index (χ3v) is 2.91. The van der Waals surface area contributed by atoms with Crippen LogP contribution < -0.4 is 10.6 Å². The maximum absolute atomic E-state index is 12.9. The summed E-state index contributed by atoms with van der Waals surface area (Å²) in [5, 5.41) is 21.8. The van der Waals surface area contributed by atoms with E-state index in [-0.39, 0.29) is 15.2 Å². The fraction of sp³-hybridized carbons (Fsp3) is 0.200. The second-order valence-electron chi connectivity index (χ2n) is 3.43. The van der Waals surface area contributed by atoms with Crippen LogP contribution in [0.5, 0.6) is 0 Å². The Labute approximate surface area is 120 Å². The molecule has 0 bridgehead atoms. The molecule has 4 N–H and O–H groups in total. The van der Waals surface area contributed by atoms with Crippen molar-refractivity contribution in [3.8, 4) is 0 Å². The Morgan fingerprint density at radius 3 is 2.63 bits per heavy atom. The van der Waals surface area contributed by atoms with Crippen molar-refractivity contribution < 1.29 is 24.2 Å². The van der Waals surface area contributed by atoms with Crippen molar-refractivity contribution in [3.05, 3.63) is 27.4 Å². The van der Waals surface area contributed by atoms with Crippen LogP contribution >= 0.6 is 27.5 Å². The number of aliphatic carboxylic acids is 1. The molecule has 0 saturated carbocycles. The van der Waals surface area contributed by atoms with Crippen LogP contribution in [0.3, 0.4) is 0 Å². The topological polar surface area (TPSA) is 98.7 Å². The maximum Gasteiger partial charge on any atom is 0.334 e. The number of rotatable bonds is 4. The molecule has 1 aromatic carbocycles. The second kappa shape index (κ2) is 6.69. The first kappa shape index (κ1) is 15.7. The van der Waals surface area contributed by atoms with Crippen LogP contribution in [-0.2, 0) is 4.79 Å². The highest BCUT2D eigenvalue weighted by Crippen LogP contribution is 2.31.